The number of piperidine rings is 1. The first-order chi connectivity index (χ1) is 15.1. The highest BCUT2D eigenvalue weighted by atomic mass is 16.5. The maximum absolute atomic E-state index is 12.7. The lowest BCUT2D eigenvalue weighted by Crippen LogP contribution is -2.43. The molecule has 0 aromatic heterocycles. The molecule has 0 radical (unpaired) electrons. The molecule has 0 aliphatic carbocycles. The molecule has 4 aliphatic rings. The third-order valence-electron chi connectivity index (χ3n) is 6.34. The molecule has 1 aromatic rings. The first kappa shape index (κ1) is 19.8. The Bertz CT molecular complexity index is 960. The quantitative estimate of drug-likeness (QED) is 0.599. The number of fused-ring (bicyclic) bond motifs is 1. The molecule has 8 nitrogen and oxygen atoms in total. The first-order valence-electron chi connectivity index (χ1n) is 10.8. The van der Waals surface area contributed by atoms with Crippen LogP contribution in [0.3, 0.4) is 0 Å². The monoisotopic (exact) mass is 421 g/mol. The molecule has 4 N–H and O–H groups in total. The van der Waals surface area contributed by atoms with Crippen molar-refractivity contribution in [2.75, 3.05) is 31.6 Å². The minimum absolute atomic E-state index is 0.0366. The number of ether oxygens (including phenoxy) is 1. The Kier molecular flexibility index (Phi) is 5.25. The highest BCUT2D eigenvalue weighted by molar-refractivity contribution is 5.96. The summed E-state index contributed by atoms with van der Waals surface area (Å²) >= 11 is 0. The standard InChI is InChI=1S/C23H27N5O3/c29-21(26-20-11-23(31-15-20)6-9-24-10-7-23)16-1-3-19(4-2-16)27-22(30)28-13-17-5-8-25-12-18(17)14-28/h1-5,8,12-13,20,24-25H,6-7,9-11,14-15H2,(H,26,29)(H,27,30). The third kappa shape index (κ3) is 4.22. The molecule has 2 saturated heterocycles. The number of carbonyl (C=O) groups is 2. The van der Waals surface area contributed by atoms with Crippen molar-refractivity contribution in [2.24, 2.45) is 0 Å². The van der Waals surface area contributed by atoms with E-state index in [1.54, 1.807) is 29.2 Å². The molecule has 31 heavy (non-hydrogen) atoms. The molecule has 4 heterocycles. The number of amides is 3. The molecule has 0 bridgehead atoms. The molecule has 162 valence electrons. The van der Waals surface area contributed by atoms with Crippen molar-refractivity contribution in [1.82, 2.24) is 20.9 Å². The van der Waals surface area contributed by atoms with E-state index < -0.39 is 0 Å². The van der Waals surface area contributed by atoms with Crippen molar-refractivity contribution in [3.8, 4) is 0 Å². The van der Waals surface area contributed by atoms with Crippen molar-refractivity contribution >= 4 is 17.6 Å². The second-order valence-corrected chi connectivity index (χ2v) is 8.51. The van der Waals surface area contributed by atoms with Gasteiger partial charge in [-0.2, -0.15) is 0 Å². The Morgan fingerprint density at radius 3 is 2.74 bits per heavy atom. The zero-order valence-corrected chi connectivity index (χ0v) is 17.3. The van der Waals surface area contributed by atoms with E-state index in [2.05, 4.69) is 21.3 Å². The van der Waals surface area contributed by atoms with Crippen LogP contribution in [0, 0.1) is 0 Å². The molecule has 2 fully saturated rings. The van der Waals surface area contributed by atoms with Crippen molar-refractivity contribution < 1.29 is 14.3 Å². The van der Waals surface area contributed by atoms with Crippen LogP contribution in [0.4, 0.5) is 10.5 Å². The molecule has 3 amide bonds. The number of dihydropyridines is 1. The van der Waals surface area contributed by atoms with Crippen molar-refractivity contribution in [3.05, 3.63) is 65.7 Å². The second kappa shape index (κ2) is 8.20. The minimum atomic E-state index is -0.205. The van der Waals surface area contributed by atoms with E-state index in [0.29, 0.717) is 24.4 Å². The van der Waals surface area contributed by atoms with Gasteiger partial charge in [-0.1, -0.05) is 0 Å². The molecule has 4 aliphatic heterocycles. The molecule has 1 aromatic carbocycles. The van der Waals surface area contributed by atoms with Crippen LogP contribution in [0.2, 0.25) is 0 Å². The van der Waals surface area contributed by atoms with E-state index in [-0.39, 0.29) is 23.6 Å². The van der Waals surface area contributed by atoms with E-state index in [0.717, 1.165) is 43.5 Å². The smallest absolute Gasteiger partial charge is 0.326 e. The van der Waals surface area contributed by atoms with Crippen molar-refractivity contribution in [3.63, 3.8) is 0 Å². The van der Waals surface area contributed by atoms with Crippen LogP contribution < -0.4 is 21.3 Å². The number of anilines is 1. The Balaban J connectivity index is 1.15. The van der Waals surface area contributed by atoms with Crippen molar-refractivity contribution in [1.29, 1.82) is 0 Å². The largest absolute Gasteiger partial charge is 0.373 e. The van der Waals surface area contributed by atoms with Gasteiger partial charge in [0, 0.05) is 29.9 Å². The summed E-state index contributed by atoms with van der Waals surface area (Å²) in [5.74, 6) is -0.114. The van der Waals surface area contributed by atoms with Gasteiger partial charge in [-0.15, -0.1) is 0 Å². The lowest BCUT2D eigenvalue weighted by Gasteiger charge is -2.32. The maximum Gasteiger partial charge on any atom is 0.326 e. The number of rotatable bonds is 3. The minimum Gasteiger partial charge on any atom is -0.373 e. The number of nitrogens with one attached hydrogen (secondary N) is 4. The Morgan fingerprint density at radius 1 is 1.16 bits per heavy atom. The highest BCUT2D eigenvalue weighted by Gasteiger charge is 2.41. The summed E-state index contributed by atoms with van der Waals surface area (Å²) in [6, 6.07) is 6.81. The normalized spacial score (nSPS) is 23.6. The summed E-state index contributed by atoms with van der Waals surface area (Å²) in [7, 11) is 0. The van der Waals surface area contributed by atoms with Crippen LogP contribution in [0.15, 0.2) is 60.1 Å². The molecule has 1 spiro atoms. The molecular formula is C23H27N5O3. The summed E-state index contributed by atoms with van der Waals surface area (Å²) < 4.78 is 6.05. The zero-order chi connectivity index (χ0) is 21.3. The first-order valence-corrected chi connectivity index (χ1v) is 10.8. The Labute approximate surface area is 181 Å². The zero-order valence-electron chi connectivity index (χ0n) is 17.3. The van der Waals surface area contributed by atoms with E-state index in [4.69, 9.17) is 4.74 Å². The predicted molar refractivity (Wildman–Crippen MR) is 117 cm³/mol. The van der Waals surface area contributed by atoms with E-state index in [1.807, 2.05) is 24.7 Å². The fourth-order valence-electron chi connectivity index (χ4n) is 4.60. The van der Waals surface area contributed by atoms with Gasteiger partial charge >= 0.3 is 6.03 Å². The predicted octanol–water partition coefficient (Wildman–Crippen LogP) is 2.06. The third-order valence-corrected chi connectivity index (χ3v) is 6.34. The molecule has 1 unspecified atom stereocenters. The number of carbonyl (C=O) groups excluding carboxylic acids is 2. The highest BCUT2D eigenvalue weighted by Crippen LogP contribution is 2.34. The van der Waals surface area contributed by atoms with Gasteiger partial charge < -0.3 is 26.0 Å². The second-order valence-electron chi connectivity index (χ2n) is 8.51. The number of urea groups is 1. The number of nitrogens with zero attached hydrogens (tertiary/aromatic N) is 1. The van der Waals surface area contributed by atoms with Crippen LogP contribution in [0.1, 0.15) is 29.6 Å². The van der Waals surface area contributed by atoms with E-state index in [1.165, 1.54) is 0 Å². The van der Waals surface area contributed by atoms with Gasteiger partial charge in [0.15, 0.2) is 0 Å². The lowest BCUT2D eigenvalue weighted by atomic mass is 9.88. The van der Waals surface area contributed by atoms with Crippen LogP contribution >= 0.6 is 0 Å². The Morgan fingerprint density at radius 2 is 1.97 bits per heavy atom. The van der Waals surface area contributed by atoms with Gasteiger partial charge in [-0.25, -0.2) is 4.79 Å². The Hall–Kier alpha value is -3.10. The van der Waals surface area contributed by atoms with Gasteiger partial charge in [-0.3, -0.25) is 9.69 Å². The fourth-order valence-corrected chi connectivity index (χ4v) is 4.60. The average molecular weight is 422 g/mol. The molecular weight excluding hydrogens is 394 g/mol. The van der Waals surface area contributed by atoms with Crippen molar-refractivity contribution in [2.45, 2.75) is 30.9 Å². The van der Waals surface area contributed by atoms with Gasteiger partial charge in [0.25, 0.3) is 5.91 Å². The topological polar surface area (TPSA) is 94.7 Å². The van der Waals surface area contributed by atoms with Crippen LogP contribution in [0.25, 0.3) is 0 Å². The molecule has 5 rings (SSSR count). The van der Waals surface area contributed by atoms with Crippen LogP contribution in [-0.2, 0) is 4.74 Å². The van der Waals surface area contributed by atoms with E-state index >= 15 is 0 Å². The number of benzene rings is 1. The summed E-state index contributed by atoms with van der Waals surface area (Å²) in [6.07, 6.45) is 10.4. The SMILES string of the molecule is O=C(NC1COC2(CCNCC2)C1)c1ccc(NC(=O)N2C=C3C=CNC=C3C2)cc1. The van der Waals surface area contributed by atoms with E-state index in [9.17, 15) is 9.59 Å². The number of hydrogen-bond donors (Lipinski definition) is 4. The van der Waals surface area contributed by atoms with Gasteiger partial charge in [-0.05, 0) is 73.8 Å². The molecule has 1 atom stereocenters. The summed E-state index contributed by atoms with van der Waals surface area (Å²) in [5, 5.41) is 12.4. The summed E-state index contributed by atoms with van der Waals surface area (Å²) in [6.45, 7) is 3.02. The summed E-state index contributed by atoms with van der Waals surface area (Å²) in [4.78, 5) is 26.8. The average Bonchev–Trinajstić information content (AvgIpc) is 3.39. The lowest BCUT2D eigenvalue weighted by molar-refractivity contribution is -0.0194. The fraction of sp³-hybridized carbons (Fsp3) is 0.391. The number of allylic oxidation sites excluding steroid dienone is 1. The molecule has 0 saturated carbocycles. The van der Waals surface area contributed by atoms with Gasteiger partial charge in [0.2, 0.25) is 0 Å². The number of hydrogen-bond acceptors (Lipinski definition) is 5. The van der Waals surface area contributed by atoms with Gasteiger partial charge in [0.05, 0.1) is 24.8 Å². The van der Waals surface area contributed by atoms with Crippen LogP contribution in [0.5, 0.6) is 0 Å². The summed E-state index contributed by atoms with van der Waals surface area (Å²) in [5.41, 5.74) is 3.24. The van der Waals surface area contributed by atoms with Crippen LogP contribution in [-0.4, -0.2) is 54.7 Å². The molecule has 8 heteroatoms. The van der Waals surface area contributed by atoms with Gasteiger partial charge in [0.1, 0.15) is 0 Å². The maximum atomic E-state index is 12.7.